The van der Waals surface area contributed by atoms with Gasteiger partial charge in [-0.25, -0.2) is 0 Å². The van der Waals surface area contributed by atoms with Crippen molar-refractivity contribution >= 4 is 17.8 Å². The van der Waals surface area contributed by atoms with E-state index in [0.29, 0.717) is 17.8 Å². The minimum atomic E-state index is 0.271. The summed E-state index contributed by atoms with van der Waals surface area (Å²) in [6.07, 6.45) is 2.19. The molecule has 0 amide bonds. The minimum Gasteiger partial charge on any atom is -0.384 e. The number of piperidine rings is 1. The Morgan fingerprint density at radius 2 is 1.95 bits per heavy atom. The van der Waals surface area contributed by atoms with Crippen LogP contribution < -0.4 is 15.5 Å². The molecule has 1 saturated heterocycles. The first-order chi connectivity index (χ1) is 9.10. The average molecular weight is 266 g/mol. The van der Waals surface area contributed by atoms with Gasteiger partial charge >= 0.3 is 0 Å². The molecule has 0 aliphatic carbocycles. The molecule has 1 aliphatic heterocycles. The van der Waals surface area contributed by atoms with Gasteiger partial charge in [0.25, 0.3) is 0 Å². The van der Waals surface area contributed by atoms with E-state index in [-0.39, 0.29) is 5.95 Å². The van der Waals surface area contributed by atoms with E-state index in [9.17, 15) is 0 Å². The van der Waals surface area contributed by atoms with Crippen molar-refractivity contribution in [1.29, 1.82) is 0 Å². The van der Waals surface area contributed by atoms with Gasteiger partial charge in [0.15, 0.2) is 0 Å². The molecule has 1 fully saturated rings. The topological polar surface area (TPSA) is 80.4 Å². The van der Waals surface area contributed by atoms with Crippen LogP contribution in [0.15, 0.2) is 0 Å². The number of nitrogens with zero attached hydrogens (tertiary/aromatic N) is 5. The molecule has 0 unspecified atom stereocenters. The predicted octanol–water partition coefficient (Wildman–Crippen LogP) is 0.383. The zero-order valence-corrected chi connectivity index (χ0v) is 11.8. The molecule has 19 heavy (non-hydrogen) atoms. The van der Waals surface area contributed by atoms with Crippen molar-refractivity contribution < 1.29 is 4.74 Å². The molecule has 1 aromatic heterocycles. The van der Waals surface area contributed by atoms with Crippen molar-refractivity contribution in [2.24, 2.45) is 5.92 Å². The van der Waals surface area contributed by atoms with Crippen LogP contribution in [0.1, 0.15) is 12.8 Å². The monoisotopic (exact) mass is 266 g/mol. The van der Waals surface area contributed by atoms with Gasteiger partial charge in [-0.1, -0.05) is 0 Å². The Morgan fingerprint density at radius 3 is 2.53 bits per heavy atom. The Morgan fingerprint density at radius 1 is 1.26 bits per heavy atom. The zero-order valence-electron chi connectivity index (χ0n) is 11.8. The number of hydrogen-bond donors (Lipinski definition) is 1. The lowest BCUT2D eigenvalue weighted by Crippen LogP contribution is -2.36. The van der Waals surface area contributed by atoms with E-state index in [4.69, 9.17) is 10.5 Å². The second-order valence-corrected chi connectivity index (χ2v) is 5.07. The maximum absolute atomic E-state index is 5.74. The highest BCUT2D eigenvalue weighted by atomic mass is 16.5. The van der Waals surface area contributed by atoms with Crippen LogP contribution in [0.4, 0.5) is 17.8 Å². The molecule has 0 bridgehead atoms. The van der Waals surface area contributed by atoms with Gasteiger partial charge in [0.2, 0.25) is 17.8 Å². The third-order valence-electron chi connectivity index (χ3n) is 3.33. The molecule has 0 aromatic carbocycles. The van der Waals surface area contributed by atoms with Gasteiger partial charge in [0.1, 0.15) is 0 Å². The number of ether oxygens (including phenoxy) is 1. The van der Waals surface area contributed by atoms with Crippen LogP contribution in [0.5, 0.6) is 0 Å². The normalized spacial score (nSPS) is 16.7. The maximum atomic E-state index is 5.74. The highest BCUT2D eigenvalue weighted by molar-refractivity contribution is 5.42. The molecular formula is C12H22N6O. The molecule has 7 nitrogen and oxygen atoms in total. The van der Waals surface area contributed by atoms with E-state index in [1.54, 1.807) is 7.11 Å². The largest absolute Gasteiger partial charge is 0.384 e. The lowest BCUT2D eigenvalue weighted by atomic mass is 9.98. The van der Waals surface area contributed by atoms with Crippen LogP contribution in [-0.2, 0) is 4.74 Å². The second-order valence-electron chi connectivity index (χ2n) is 5.07. The highest BCUT2D eigenvalue weighted by Crippen LogP contribution is 2.22. The van der Waals surface area contributed by atoms with Crippen molar-refractivity contribution in [1.82, 2.24) is 15.0 Å². The first-order valence-electron chi connectivity index (χ1n) is 6.53. The third kappa shape index (κ3) is 3.44. The van der Waals surface area contributed by atoms with Gasteiger partial charge in [0.05, 0.1) is 0 Å². The number of methoxy groups -OCH3 is 1. The highest BCUT2D eigenvalue weighted by Gasteiger charge is 2.21. The summed E-state index contributed by atoms with van der Waals surface area (Å²) in [5.41, 5.74) is 5.74. The molecule has 0 radical (unpaired) electrons. The number of nitrogen functional groups attached to an aromatic ring is 1. The molecule has 2 rings (SSSR count). The fourth-order valence-electron chi connectivity index (χ4n) is 2.25. The predicted molar refractivity (Wildman–Crippen MR) is 75.4 cm³/mol. The van der Waals surface area contributed by atoms with Gasteiger partial charge < -0.3 is 20.3 Å². The Hall–Kier alpha value is -1.63. The van der Waals surface area contributed by atoms with Crippen LogP contribution in [0.3, 0.4) is 0 Å². The Bertz CT molecular complexity index is 417. The molecule has 0 saturated carbocycles. The maximum Gasteiger partial charge on any atom is 0.231 e. The average Bonchev–Trinajstić information content (AvgIpc) is 2.39. The first-order valence-corrected chi connectivity index (χ1v) is 6.53. The molecular weight excluding hydrogens is 244 g/mol. The SMILES string of the molecule is COCC1CCN(c2nc(N)nc(N(C)C)n2)CC1. The summed E-state index contributed by atoms with van der Waals surface area (Å²) in [5.74, 6) is 2.18. The fourth-order valence-corrected chi connectivity index (χ4v) is 2.25. The first kappa shape index (κ1) is 13.8. The third-order valence-corrected chi connectivity index (χ3v) is 3.33. The van der Waals surface area contributed by atoms with Crippen molar-refractivity contribution in [3.8, 4) is 0 Å². The summed E-state index contributed by atoms with van der Waals surface area (Å²) in [5, 5.41) is 0. The quantitative estimate of drug-likeness (QED) is 0.844. The smallest absolute Gasteiger partial charge is 0.231 e. The molecule has 7 heteroatoms. The van der Waals surface area contributed by atoms with Gasteiger partial charge in [-0.3, -0.25) is 0 Å². The van der Waals surface area contributed by atoms with E-state index in [0.717, 1.165) is 32.5 Å². The molecule has 0 atom stereocenters. The van der Waals surface area contributed by atoms with Gasteiger partial charge in [-0.2, -0.15) is 15.0 Å². The van der Waals surface area contributed by atoms with Crippen LogP contribution in [0.2, 0.25) is 0 Å². The van der Waals surface area contributed by atoms with E-state index in [1.165, 1.54) is 0 Å². The van der Waals surface area contributed by atoms with Crippen molar-refractivity contribution in [2.75, 3.05) is 56.4 Å². The van der Waals surface area contributed by atoms with Crippen LogP contribution in [0.25, 0.3) is 0 Å². The summed E-state index contributed by atoms with van der Waals surface area (Å²) >= 11 is 0. The second kappa shape index (κ2) is 6.01. The molecule has 0 spiro atoms. The van der Waals surface area contributed by atoms with Gasteiger partial charge in [0, 0.05) is 40.9 Å². The summed E-state index contributed by atoms with van der Waals surface area (Å²) in [6, 6.07) is 0. The molecule has 106 valence electrons. The lowest BCUT2D eigenvalue weighted by molar-refractivity contribution is 0.139. The lowest BCUT2D eigenvalue weighted by Gasteiger charge is -2.31. The van der Waals surface area contributed by atoms with Gasteiger partial charge in [-0.15, -0.1) is 0 Å². The summed E-state index contributed by atoms with van der Waals surface area (Å²) in [6.45, 7) is 2.70. The number of anilines is 3. The van der Waals surface area contributed by atoms with Gasteiger partial charge in [-0.05, 0) is 18.8 Å². The molecule has 1 aromatic rings. The molecule has 2 heterocycles. The number of rotatable bonds is 4. The van der Waals surface area contributed by atoms with E-state index >= 15 is 0 Å². The number of hydrogen-bond acceptors (Lipinski definition) is 7. The fraction of sp³-hybridized carbons (Fsp3) is 0.750. The summed E-state index contributed by atoms with van der Waals surface area (Å²) < 4.78 is 5.21. The Labute approximate surface area is 113 Å². The van der Waals surface area contributed by atoms with Crippen LogP contribution in [0, 0.1) is 5.92 Å². The van der Waals surface area contributed by atoms with E-state index < -0.39 is 0 Å². The number of nitrogens with two attached hydrogens (primary N) is 1. The minimum absolute atomic E-state index is 0.271. The van der Waals surface area contributed by atoms with Crippen molar-refractivity contribution in [3.63, 3.8) is 0 Å². The van der Waals surface area contributed by atoms with E-state index in [1.807, 2.05) is 19.0 Å². The van der Waals surface area contributed by atoms with Crippen molar-refractivity contribution in [3.05, 3.63) is 0 Å². The van der Waals surface area contributed by atoms with E-state index in [2.05, 4.69) is 19.9 Å². The van der Waals surface area contributed by atoms with Crippen LogP contribution >= 0.6 is 0 Å². The number of aromatic nitrogens is 3. The Balaban J connectivity index is 2.06. The zero-order chi connectivity index (χ0) is 13.8. The molecule has 2 N–H and O–H groups in total. The van der Waals surface area contributed by atoms with Crippen molar-refractivity contribution in [2.45, 2.75) is 12.8 Å². The molecule has 1 aliphatic rings. The van der Waals surface area contributed by atoms with Crippen LogP contribution in [-0.4, -0.2) is 55.9 Å². The summed E-state index contributed by atoms with van der Waals surface area (Å²) in [7, 11) is 5.54. The Kier molecular flexibility index (Phi) is 4.36. The standard InChI is InChI=1S/C12H22N6O/c1-17(2)11-14-10(13)15-12(16-11)18-6-4-9(5-7-18)8-19-3/h9H,4-8H2,1-3H3,(H2,13,14,15,16). The summed E-state index contributed by atoms with van der Waals surface area (Å²) in [4.78, 5) is 16.8.